The highest BCUT2D eigenvalue weighted by Gasteiger charge is 2.91. The summed E-state index contributed by atoms with van der Waals surface area (Å²) in [6.45, 7) is 4.45. The molecule has 0 aromatic carbocycles. The maximum atomic E-state index is 13.7. The standard InChI is InChI=1S/C20H28O7/c1-16(2)6-5-11(21)17-7-27-20(25,14(23)12(16)17)19-10(17)4-3-9(13(19)22)18(8-26-18)15(19)24/h9-14,21-23,25H,3-8H2,1-2H3/t9-,10?,11+,12?,13-,14+,17-,18-,19-,20+/m1/s1. The number of carbonyl (C=O) groups excluding carboxylic acids is 1. The fraction of sp³-hybridized carbons (Fsp3) is 0.950. The van der Waals surface area contributed by atoms with E-state index in [2.05, 4.69) is 13.8 Å². The van der Waals surface area contributed by atoms with Gasteiger partial charge < -0.3 is 29.9 Å². The Labute approximate surface area is 157 Å². The van der Waals surface area contributed by atoms with E-state index >= 15 is 0 Å². The maximum absolute atomic E-state index is 13.7. The van der Waals surface area contributed by atoms with E-state index in [1.54, 1.807) is 0 Å². The first kappa shape index (κ1) is 17.3. The first-order chi connectivity index (χ1) is 12.6. The second-order valence-corrected chi connectivity index (χ2v) is 10.6. The molecule has 0 aromatic heterocycles. The molecule has 7 nitrogen and oxygen atoms in total. The molecule has 0 aromatic rings. The average molecular weight is 380 g/mol. The smallest absolute Gasteiger partial charge is 0.208 e. The number of hydrogen-bond donors (Lipinski definition) is 4. The predicted molar refractivity (Wildman–Crippen MR) is 90.2 cm³/mol. The highest BCUT2D eigenvalue weighted by molar-refractivity contribution is 6.00. The zero-order valence-corrected chi connectivity index (χ0v) is 15.7. The molecule has 3 aliphatic heterocycles. The number of fused-ring (bicyclic) bond motifs is 3. The molecule has 0 radical (unpaired) electrons. The first-order valence-electron chi connectivity index (χ1n) is 10.2. The van der Waals surface area contributed by atoms with E-state index in [9.17, 15) is 25.2 Å². The van der Waals surface area contributed by atoms with Crippen LogP contribution in [0.15, 0.2) is 0 Å². The van der Waals surface area contributed by atoms with Crippen LogP contribution in [0.2, 0.25) is 0 Å². The Hall–Kier alpha value is -0.570. The summed E-state index contributed by atoms with van der Waals surface area (Å²) in [5.74, 6) is -3.71. The lowest BCUT2D eigenvalue weighted by molar-refractivity contribution is -0.458. The molecular formula is C20H28O7. The van der Waals surface area contributed by atoms with Crippen LogP contribution < -0.4 is 0 Å². The average Bonchev–Trinajstić information content (AvgIpc) is 3.40. The minimum Gasteiger partial charge on any atom is -0.392 e. The highest BCUT2D eigenvalue weighted by Crippen LogP contribution is 2.78. The Morgan fingerprint density at radius 3 is 2.37 bits per heavy atom. The molecule has 2 unspecified atom stereocenters. The van der Waals surface area contributed by atoms with Crippen LogP contribution in [0.3, 0.4) is 0 Å². The van der Waals surface area contributed by atoms with Crippen molar-refractivity contribution >= 4 is 5.78 Å². The minimum atomic E-state index is -2.15. The van der Waals surface area contributed by atoms with Crippen molar-refractivity contribution in [1.82, 2.24) is 0 Å². The van der Waals surface area contributed by atoms with Crippen molar-refractivity contribution in [1.29, 1.82) is 0 Å². The van der Waals surface area contributed by atoms with Gasteiger partial charge >= 0.3 is 0 Å². The lowest BCUT2D eigenvalue weighted by Crippen LogP contribution is -2.85. The number of epoxide rings is 1. The number of rotatable bonds is 0. The van der Waals surface area contributed by atoms with Gasteiger partial charge in [0, 0.05) is 17.3 Å². The Morgan fingerprint density at radius 2 is 1.70 bits per heavy atom. The van der Waals surface area contributed by atoms with Gasteiger partial charge in [-0.05, 0) is 37.0 Å². The SMILES string of the molecule is CC1(C)CC[C@H](O)[C@]23CO[C@@](O)([C@@H](O)C12)[C@]12C(=O)[C@@]4(CO4)[C@H](CCC31)[C@H]2O. The van der Waals surface area contributed by atoms with Crippen LogP contribution in [0, 0.1) is 34.0 Å². The largest absolute Gasteiger partial charge is 0.392 e. The number of ketones is 1. The second-order valence-electron chi connectivity index (χ2n) is 10.6. The molecule has 4 saturated carbocycles. The van der Waals surface area contributed by atoms with Gasteiger partial charge in [0.2, 0.25) is 5.79 Å². The van der Waals surface area contributed by atoms with E-state index in [-0.39, 0.29) is 30.3 Å². The van der Waals surface area contributed by atoms with Crippen LogP contribution in [0.25, 0.3) is 0 Å². The van der Waals surface area contributed by atoms with Crippen LogP contribution in [0.5, 0.6) is 0 Å². The molecule has 4 bridgehead atoms. The molecule has 3 saturated heterocycles. The minimum absolute atomic E-state index is 0.0980. The Kier molecular flexibility index (Phi) is 2.85. The predicted octanol–water partition coefficient (Wildman–Crippen LogP) is -0.412. The van der Waals surface area contributed by atoms with E-state index < -0.39 is 52.4 Å². The summed E-state index contributed by atoms with van der Waals surface area (Å²) in [5, 5.41) is 45.6. The molecule has 7 heteroatoms. The van der Waals surface area contributed by atoms with Gasteiger partial charge in [0.05, 0.1) is 25.4 Å². The lowest BCUT2D eigenvalue weighted by atomic mass is 9.35. The van der Waals surface area contributed by atoms with Crippen molar-refractivity contribution in [2.24, 2.45) is 34.0 Å². The quantitative estimate of drug-likeness (QED) is 0.422. The van der Waals surface area contributed by atoms with Gasteiger partial charge in [-0.3, -0.25) is 4.79 Å². The molecule has 3 spiro atoms. The number of ether oxygens (including phenoxy) is 2. The normalized spacial score (nSPS) is 65.2. The number of Topliss-reactive ketones (excluding diaryl/α,β-unsaturated/α-hetero) is 1. The first-order valence-corrected chi connectivity index (χ1v) is 10.2. The molecule has 150 valence electrons. The molecule has 4 N–H and O–H groups in total. The summed E-state index contributed by atoms with van der Waals surface area (Å²) < 4.78 is 11.4. The summed E-state index contributed by atoms with van der Waals surface area (Å²) in [5.41, 5.74) is -3.86. The van der Waals surface area contributed by atoms with Crippen LogP contribution in [0.4, 0.5) is 0 Å². The Bertz CT molecular complexity index is 747. The fourth-order valence-corrected chi connectivity index (χ4v) is 8.53. The summed E-state index contributed by atoms with van der Waals surface area (Å²) in [6, 6.07) is 0. The fourth-order valence-electron chi connectivity index (χ4n) is 8.53. The lowest BCUT2D eigenvalue weighted by Gasteiger charge is -2.74. The zero-order chi connectivity index (χ0) is 19.2. The van der Waals surface area contributed by atoms with Gasteiger partial charge in [0.1, 0.15) is 11.5 Å². The topological polar surface area (TPSA) is 120 Å². The van der Waals surface area contributed by atoms with E-state index in [1.165, 1.54) is 0 Å². The van der Waals surface area contributed by atoms with Crippen LogP contribution in [0.1, 0.15) is 39.5 Å². The molecule has 7 rings (SSSR count). The van der Waals surface area contributed by atoms with Gasteiger partial charge in [-0.1, -0.05) is 13.8 Å². The van der Waals surface area contributed by atoms with Crippen molar-refractivity contribution in [3.05, 3.63) is 0 Å². The van der Waals surface area contributed by atoms with Crippen molar-refractivity contribution < 1.29 is 34.7 Å². The van der Waals surface area contributed by atoms with Crippen LogP contribution in [-0.4, -0.2) is 69.1 Å². The van der Waals surface area contributed by atoms with E-state index in [0.29, 0.717) is 19.3 Å². The zero-order valence-electron chi connectivity index (χ0n) is 15.7. The molecule has 0 amide bonds. The number of aliphatic hydroxyl groups is 4. The monoisotopic (exact) mass is 380 g/mol. The summed E-state index contributed by atoms with van der Waals surface area (Å²) in [7, 11) is 0. The molecule has 7 fully saturated rings. The van der Waals surface area contributed by atoms with Crippen molar-refractivity contribution in [3.63, 3.8) is 0 Å². The third kappa shape index (κ3) is 1.41. The van der Waals surface area contributed by atoms with Gasteiger partial charge in [-0.2, -0.15) is 0 Å². The second kappa shape index (κ2) is 4.45. The molecule has 7 aliphatic rings. The van der Waals surface area contributed by atoms with Gasteiger partial charge in [-0.15, -0.1) is 0 Å². The molecular weight excluding hydrogens is 352 g/mol. The number of carbonyl (C=O) groups is 1. The van der Waals surface area contributed by atoms with Crippen LogP contribution in [-0.2, 0) is 14.3 Å². The summed E-state index contributed by atoms with van der Waals surface area (Å²) in [6.07, 6.45) is -0.724. The third-order valence-electron chi connectivity index (χ3n) is 9.58. The molecule has 3 heterocycles. The van der Waals surface area contributed by atoms with Crippen molar-refractivity contribution in [3.8, 4) is 0 Å². The molecule has 10 atom stereocenters. The Balaban J connectivity index is 1.64. The van der Waals surface area contributed by atoms with Crippen LogP contribution >= 0.6 is 0 Å². The Morgan fingerprint density at radius 1 is 1.00 bits per heavy atom. The van der Waals surface area contributed by atoms with Gasteiger partial charge in [0.15, 0.2) is 11.4 Å². The number of aliphatic hydroxyl groups excluding tert-OH is 3. The third-order valence-corrected chi connectivity index (χ3v) is 9.58. The maximum Gasteiger partial charge on any atom is 0.208 e. The van der Waals surface area contributed by atoms with E-state index in [1.807, 2.05) is 0 Å². The molecule has 27 heavy (non-hydrogen) atoms. The van der Waals surface area contributed by atoms with E-state index in [4.69, 9.17) is 9.47 Å². The van der Waals surface area contributed by atoms with E-state index in [0.717, 1.165) is 6.42 Å². The summed E-state index contributed by atoms with van der Waals surface area (Å²) in [4.78, 5) is 13.7. The van der Waals surface area contributed by atoms with Crippen molar-refractivity contribution in [2.75, 3.05) is 13.2 Å². The molecule has 4 aliphatic carbocycles. The number of hydrogen-bond acceptors (Lipinski definition) is 7. The van der Waals surface area contributed by atoms with Gasteiger partial charge in [0.25, 0.3) is 0 Å². The van der Waals surface area contributed by atoms with Crippen molar-refractivity contribution in [2.45, 2.75) is 69.2 Å². The highest BCUT2D eigenvalue weighted by atomic mass is 16.6. The van der Waals surface area contributed by atoms with Gasteiger partial charge in [-0.25, -0.2) is 0 Å². The summed E-state index contributed by atoms with van der Waals surface area (Å²) >= 11 is 0.